The van der Waals surface area contributed by atoms with Crippen molar-refractivity contribution in [2.24, 2.45) is 0 Å². The second-order valence-corrected chi connectivity index (χ2v) is 9.61. The lowest BCUT2D eigenvalue weighted by Gasteiger charge is -2.15. The predicted molar refractivity (Wildman–Crippen MR) is 143 cm³/mol. The molecule has 0 spiro atoms. The van der Waals surface area contributed by atoms with Crippen LogP contribution in [0.1, 0.15) is 21.5 Å². The number of aromatic nitrogens is 1. The molecule has 0 saturated carbocycles. The summed E-state index contributed by atoms with van der Waals surface area (Å²) in [4.78, 5) is 17.4. The number of benzene rings is 3. The molecule has 0 bridgehead atoms. The van der Waals surface area contributed by atoms with Crippen LogP contribution in [0.3, 0.4) is 0 Å². The summed E-state index contributed by atoms with van der Waals surface area (Å²) in [5.74, 6) is 0.485. The fourth-order valence-corrected chi connectivity index (χ4v) is 4.87. The molecule has 174 valence electrons. The van der Waals surface area contributed by atoms with Crippen molar-refractivity contribution >= 4 is 79.2 Å². The number of hydrogen-bond acceptors (Lipinski definition) is 5. The summed E-state index contributed by atoms with van der Waals surface area (Å²) in [5.41, 5.74) is 4.46. The van der Waals surface area contributed by atoms with Crippen molar-refractivity contribution in [1.29, 1.82) is 0 Å². The first kappa shape index (κ1) is 24.5. The summed E-state index contributed by atoms with van der Waals surface area (Å²) in [6, 6.07) is 12.4. The number of anilines is 1. The van der Waals surface area contributed by atoms with E-state index in [0.29, 0.717) is 44.0 Å². The third-order valence-corrected chi connectivity index (χ3v) is 6.30. The minimum atomic E-state index is -0.391. The van der Waals surface area contributed by atoms with Gasteiger partial charge in [-0.3, -0.25) is 10.1 Å². The van der Waals surface area contributed by atoms with Crippen LogP contribution in [0.5, 0.6) is 5.75 Å². The van der Waals surface area contributed by atoms with Crippen LogP contribution in [0.4, 0.5) is 5.69 Å². The summed E-state index contributed by atoms with van der Waals surface area (Å²) < 4.78 is 12.1. The second kappa shape index (κ2) is 9.92. The number of carbonyl (C=O) groups excluding carboxylic acids is 1. The Morgan fingerprint density at radius 3 is 2.68 bits per heavy atom. The first-order valence-corrected chi connectivity index (χ1v) is 12.0. The minimum Gasteiger partial charge on any atom is -0.496 e. The fourth-order valence-electron chi connectivity index (χ4n) is 3.57. The molecule has 10 heteroatoms. The molecule has 34 heavy (non-hydrogen) atoms. The van der Waals surface area contributed by atoms with Gasteiger partial charge in [0, 0.05) is 20.7 Å². The highest BCUT2D eigenvalue weighted by molar-refractivity contribution is 9.10. The van der Waals surface area contributed by atoms with Crippen molar-refractivity contribution in [3.63, 3.8) is 0 Å². The smallest absolute Gasteiger partial charge is 0.261 e. The molecule has 0 saturated heterocycles. The number of thiocarbonyl (C=S) groups is 1. The quantitative estimate of drug-likeness (QED) is 0.247. The van der Waals surface area contributed by atoms with Gasteiger partial charge in [0.05, 0.1) is 17.7 Å². The van der Waals surface area contributed by atoms with Gasteiger partial charge < -0.3 is 14.5 Å². The molecular weight excluding hydrogens is 561 g/mol. The predicted octanol–water partition coefficient (Wildman–Crippen LogP) is 7.32. The number of ether oxygens (including phenoxy) is 1. The SMILES string of the molecule is COc1c(C)cc(Br)cc1C(=O)NC(=S)Nc1cccc(-c2nc3cc(Cl)cc(Cl)c3o2)c1C. The van der Waals surface area contributed by atoms with Gasteiger partial charge >= 0.3 is 0 Å². The Kier molecular flexibility index (Phi) is 7.14. The topological polar surface area (TPSA) is 76.4 Å². The third kappa shape index (κ3) is 4.90. The number of amides is 1. The summed E-state index contributed by atoms with van der Waals surface area (Å²) in [6.07, 6.45) is 0. The molecule has 4 aromatic rings. The number of fused-ring (bicyclic) bond motifs is 1. The summed E-state index contributed by atoms with van der Waals surface area (Å²) >= 11 is 21.1. The standard InChI is InChI=1S/C24H18BrCl2N3O3S/c1-11-7-13(25)8-16(20(11)32-3)22(31)30-24(34)29-18-6-4-5-15(12(18)2)23-28-19-10-14(26)9-17(27)21(19)33-23/h4-10H,1-3H3,(H2,29,30,31,34). The highest BCUT2D eigenvalue weighted by Crippen LogP contribution is 2.34. The zero-order valence-electron chi connectivity index (χ0n) is 18.3. The van der Waals surface area contributed by atoms with Crippen molar-refractivity contribution < 1.29 is 13.9 Å². The summed E-state index contributed by atoms with van der Waals surface area (Å²) in [5, 5.41) is 6.77. The van der Waals surface area contributed by atoms with Crippen LogP contribution in [0.15, 0.2) is 51.4 Å². The Labute approximate surface area is 219 Å². The maximum absolute atomic E-state index is 12.9. The highest BCUT2D eigenvalue weighted by atomic mass is 79.9. The molecule has 1 aromatic heterocycles. The molecule has 1 heterocycles. The van der Waals surface area contributed by atoms with Crippen LogP contribution in [0, 0.1) is 13.8 Å². The van der Waals surface area contributed by atoms with Crippen molar-refractivity contribution in [2.45, 2.75) is 13.8 Å². The average Bonchev–Trinajstić information content (AvgIpc) is 3.18. The number of nitrogens with zero attached hydrogens (tertiary/aromatic N) is 1. The number of carbonyl (C=O) groups is 1. The Morgan fingerprint density at radius 1 is 1.18 bits per heavy atom. The first-order chi connectivity index (χ1) is 16.2. The Balaban J connectivity index is 1.58. The molecule has 0 fully saturated rings. The molecule has 1 amide bonds. The van der Waals surface area contributed by atoms with E-state index >= 15 is 0 Å². The van der Waals surface area contributed by atoms with E-state index in [1.54, 1.807) is 18.2 Å². The average molecular weight is 579 g/mol. The van der Waals surface area contributed by atoms with Crippen molar-refractivity contribution in [3.05, 3.63) is 73.7 Å². The molecule has 0 unspecified atom stereocenters. The highest BCUT2D eigenvalue weighted by Gasteiger charge is 2.19. The van der Waals surface area contributed by atoms with Gasteiger partial charge in [-0.2, -0.15) is 0 Å². The van der Waals surface area contributed by atoms with Gasteiger partial charge in [0.1, 0.15) is 11.3 Å². The van der Waals surface area contributed by atoms with Gasteiger partial charge in [-0.15, -0.1) is 0 Å². The number of oxazole rings is 1. The van der Waals surface area contributed by atoms with Gasteiger partial charge in [-0.1, -0.05) is 45.2 Å². The summed E-state index contributed by atoms with van der Waals surface area (Å²) in [6.45, 7) is 3.76. The van der Waals surface area contributed by atoms with E-state index in [1.807, 2.05) is 38.1 Å². The number of methoxy groups -OCH3 is 1. The molecule has 0 aliphatic rings. The van der Waals surface area contributed by atoms with Gasteiger partial charge in [-0.25, -0.2) is 4.98 Å². The zero-order chi connectivity index (χ0) is 24.6. The van der Waals surface area contributed by atoms with Gasteiger partial charge in [-0.05, 0) is 73.6 Å². The molecule has 3 aromatic carbocycles. The van der Waals surface area contributed by atoms with Crippen molar-refractivity contribution in [3.8, 4) is 17.2 Å². The molecule has 0 aliphatic heterocycles. The van der Waals surface area contributed by atoms with E-state index in [-0.39, 0.29) is 5.11 Å². The Hall–Kier alpha value is -2.65. The van der Waals surface area contributed by atoms with Gasteiger partial charge in [0.15, 0.2) is 10.7 Å². The van der Waals surface area contributed by atoms with Crippen LogP contribution in [0.25, 0.3) is 22.6 Å². The lowest BCUT2D eigenvalue weighted by atomic mass is 10.1. The minimum absolute atomic E-state index is 0.136. The van der Waals surface area contributed by atoms with E-state index in [4.69, 9.17) is 44.6 Å². The first-order valence-electron chi connectivity index (χ1n) is 10.00. The molecule has 0 radical (unpaired) electrons. The lowest BCUT2D eigenvalue weighted by Crippen LogP contribution is -2.34. The Morgan fingerprint density at radius 2 is 1.94 bits per heavy atom. The lowest BCUT2D eigenvalue weighted by molar-refractivity contribution is 0.0974. The van der Waals surface area contributed by atoms with Crippen molar-refractivity contribution in [1.82, 2.24) is 10.3 Å². The number of halogens is 3. The number of nitrogens with one attached hydrogen (secondary N) is 2. The molecular formula is C24H18BrCl2N3O3S. The number of aryl methyl sites for hydroxylation is 1. The van der Waals surface area contributed by atoms with Crippen LogP contribution >= 0.6 is 51.3 Å². The van der Waals surface area contributed by atoms with E-state index in [0.717, 1.165) is 21.2 Å². The maximum atomic E-state index is 12.9. The van der Waals surface area contributed by atoms with Crippen LogP contribution in [0.2, 0.25) is 10.0 Å². The fraction of sp³-hybridized carbons (Fsp3) is 0.125. The largest absolute Gasteiger partial charge is 0.496 e. The van der Waals surface area contributed by atoms with Crippen molar-refractivity contribution in [2.75, 3.05) is 12.4 Å². The van der Waals surface area contributed by atoms with Gasteiger partial charge in [0.25, 0.3) is 5.91 Å². The van der Waals surface area contributed by atoms with E-state index in [2.05, 4.69) is 31.5 Å². The zero-order valence-corrected chi connectivity index (χ0v) is 22.2. The van der Waals surface area contributed by atoms with E-state index < -0.39 is 5.91 Å². The van der Waals surface area contributed by atoms with Crippen LogP contribution < -0.4 is 15.4 Å². The molecule has 4 rings (SSSR count). The second-order valence-electron chi connectivity index (χ2n) is 7.44. The van der Waals surface area contributed by atoms with E-state index in [9.17, 15) is 4.79 Å². The van der Waals surface area contributed by atoms with E-state index in [1.165, 1.54) is 7.11 Å². The number of rotatable bonds is 4. The van der Waals surface area contributed by atoms with Crippen LogP contribution in [-0.4, -0.2) is 23.1 Å². The Bertz CT molecular complexity index is 1460. The normalized spacial score (nSPS) is 10.9. The monoisotopic (exact) mass is 577 g/mol. The van der Waals surface area contributed by atoms with Crippen LogP contribution in [-0.2, 0) is 0 Å². The molecule has 0 aliphatic carbocycles. The number of hydrogen-bond donors (Lipinski definition) is 2. The third-order valence-electron chi connectivity index (χ3n) is 5.14. The summed E-state index contributed by atoms with van der Waals surface area (Å²) in [7, 11) is 1.52. The molecule has 0 atom stereocenters. The molecule has 2 N–H and O–H groups in total. The van der Waals surface area contributed by atoms with Gasteiger partial charge in [0.2, 0.25) is 5.89 Å². The maximum Gasteiger partial charge on any atom is 0.261 e. The molecule has 6 nitrogen and oxygen atoms in total.